The normalized spacial score (nSPS) is 12.1. The predicted molar refractivity (Wildman–Crippen MR) is 63.4 cm³/mol. The van der Waals surface area contributed by atoms with Crippen LogP contribution >= 0.6 is 0 Å². The monoisotopic (exact) mass is 255 g/mol. The maximum Gasteiger partial charge on any atom is 0.354 e. The van der Waals surface area contributed by atoms with E-state index in [1.54, 1.807) is 14.0 Å². The Bertz CT molecular complexity index is 416. The molecule has 0 aliphatic carbocycles. The van der Waals surface area contributed by atoms with Gasteiger partial charge in [0.2, 0.25) is 5.91 Å². The van der Waals surface area contributed by atoms with Gasteiger partial charge in [0.05, 0.1) is 0 Å². The van der Waals surface area contributed by atoms with Gasteiger partial charge in [-0.1, -0.05) is 0 Å². The molecule has 1 rings (SSSR count). The zero-order chi connectivity index (χ0) is 13.5. The number of aromatic nitrogens is 2. The van der Waals surface area contributed by atoms with Crippen LogP contribution in [0.1, 0.15) is 29.9 Å². The number of carboxylic acids is 1. The molecule has 0 radical (unpaired) electrons. The minimum atomic E-state index is -1.11. The molecular weight excluding hydrogens is 238 g/mol. The zero-order valence-electron chi connectivity index (χ0n) is 10.4. The number of nitrogens with one attached hydrogen (secondary N) is 1. The molecule has 0 fully saturated rings. The van der Waals surface area contributed by atoms with E-state index in [1.807, 2.05) is 0 Å². The number of aromatic carboxylic acids is 1. The van der Waals surface area contributed by atoms with Crippen LogP contribution in [0, 0.1) is 0 Å². The van der Waals surface area contributed by atoms with Crippen LogP contribution in [0.5, 0.6) is 0 Å². The summed E-state index contributed by atoms with van der Waals surface area (Å²) >= 11 is 0. The topological polar surface area (TPSA) is 93.5 Å². The van der Waals surface area contributed by atoms with Gasteiger partial charge in [-0.15, -0.1) is 0 Å². The number of rotatable bonds is 7. The van der Waals surface area contributed by atoms with E-state index in [0.717, 1.165) is 0 Å². The molecule has 7 heteroatoms. The Morgan fingerprint density at radius 1 is 1.61 bits per heavy atom. The van der Waals surface area contributed by atoms with Crippen LogP contribution in [0.25, 0.3) is 0 Å². The fourth-order valence-corrected chi connectivity index (χ4v) is 1.48. The van der Waals surface area contributed by atoms with Crippen LogP contribution in [0.2, 0.25) is 0 Å². The molecule has 1 unspecified atom stereocenters. The minimum Gasteiger partial charge on any atom is -0.477 e. The summed E-state index contributed by atoms with van der Waals surface area (Å²) in [6.07, 6.45) is 2.07. The molecule has 1 heterocycles. The summed E-state index contributed by atoms with van der Waals surface area (Å²) in [5, 5.41) is 15.5. The summed E-state index contributed by atoms with van der Waals surface area (Å²) in [7, 11) is 1.59. The van der Waals surface area contributed by atoms with Gasteiger partial charge in [-0.05, 0) is 19.4 Å². The van der Waals surface area contributed by atoms with E-state index < -0.39 is 12.0 Å². The third kappa shape index (κ3) is 3.56. The molecule has 0 aliphatic rings. The molecule has 1 amide bonds. The quantitative estimate of drug-likeness (QED) is 0.683. The third-order valence-electron chi connectivity index (χ3n) is 2.46. The van der Waals surface area contributed by atoms with Crippen molar-refractivity contribution in [2.75, 3.05) is 20.3 Å². The van der Waals surface area contributed by atoms with Crippen LogP contribution < -0.4 is 5.32 Å². The first-order chi connectivity index (χ1) is 8.57. The van der Waals surface area contributed by atoms with Gasteiger partial charge >= 0.3 is 5.97 Å². The van der Waals surface area contributed by atoms with Crippen molar-refractivity contribution in [1.29, 1.82) is 0 Å². The Balaban J connectivity index is 2.57. The number of carbonyl (C=O) groups is 2. The molecule has 0 saturated carbocycles. The van der Waals surface area contributed by atoms with E-state index in [1.165, 1.54) is 16.9 Å². The Kier molecular flexibility index (Phi) is 5.31. The molecule has 0 spiro atoms. The molecule has 1 aromatic rings. The molecular formula is C11H17N3O4. The van der Waals surface area contributed by atoms with Crippen LogP contribution in [0.3, 0.4) is 0 Å². The maximum absolute atomic E-state index is 11.8. The van der Waals surface area contributed by atoms with Crippen molar-refractivity contribution >= 4 is 11.9 Å². The highest BCUT2D eigenvalue weighted by Gasteiger charge is 2.20. The van der Waals surface area contributed by atoms with E-state index in [9.17, 15) is 9.59 Å². The van der Waals surface area contributed by atoms with E-state index in [0.29, 0.717) is 19.6 Å². The average molecular weight is 255 g/mol. The van der Waals surface area contributed by atoms with Crippen molar-refractivity contribution in [2.45, 2.75) is 19.4 Å². The summed E-state index contributed by atoms with van der Waals surface area (Å²) in [4.78, 5) is 22.7. The molecule has 100 valence electrons. The predicted octanol–water partition coefficient (Wildman–Crippen LogP) is 0.295. The number of carboxylic acid groups (broad SMARTS) is 1. The van der Waals surface area contributed by atoms with E-state index in [4.69, 9.17) is 9.84 Å². The van der Waals surface area contributed by atoms with E-state index in [-0.39, 0.29) is 11.6 Å². The minimum absolute atomic E-state index is 0.00505. The van der Waals surface area contributed by atoms with Crippen LogP contribution in [-0.2, 0) is 9.53 Å². The lowest BCUT2D eigenvalue weighted by atomic mass is 10.3. The lowest BCUT2D eigenvalue weighted by molar-refractivity contribution is -0.124. The van der Waals surface area contributed by atoms with Gasteiger partial charge in [0.25, 0.3) is 0 Å². The van der Waals surface area contributed by atoms with E-state index >= 15 is 0 Å². The molecule has 0 saturated heterocycles. The van der Waals surface area contributed by atoms with Crippen LogP contribution in [-0.4, -0.2) is 47.0 Å². The van der Waals surface area contributed by atoms with Gasteiger partial charge in [-0.3, -0.25) is 4.79 Å². The SMILES string of the molecule is COCCCNC(=O)C(C)n1nccc1C(=O)O. The Morgan fingerprint density at radius 2 is 2.33 bits per heavy atom. The molecule has 0 aliphatic heterocycles. The largest absolute Gasteiger partial charge is 0.477 e. The second kappa shape index (κ2) is 6.75. The lowest BCUT2D eigenvalue weighted by Crippen LogP contribution is -2.33. The van der Waals surface area contributed by atoms with Gasteiger partial charge in [0, 0.05) is 26.5 Å². The Morgan fingerprint density at radius 3 is 2.94 bits per heavy atom. The van der Waals surface area contributed by atoms with Gasteiger partial charge in [0.1, 0.15) is 11.7 Å². The van der Waals surface area contributed by atoms with Crippen molar-refractivity contribution in [2.24, 2.45) is 0 Å². The molecule has 2 N–H and O–H groups in total. The number of hydrogen-bond acceptors (Lipinski definition) is 4. The number of nitrogens with zero attached hydrogens (tertiary/aromatic N) is 2. The number of methoxy groups -OCH3 is 1. The van der Waals surface area contributed by atoms with Crippen molar-refractivity contribution in [1.82, 2.24) is 15.1 Å². The molecule has 1 atom stereocenters. The fraction of sp³-hybridized carbons (Fsp3) is 0.545. The molecule has 0 aromatic carbocycles. The smallest absolute Gasteiger partial charge is 0.354 e. The number of ether oxygens (including phenoxy) is 1. The number of carbonyl (C=O) groups excluding carboxylic acids is 1. The average Bonchev–Trinajstić information content (AvgIpc) is 2.82. The molecule has 1 aromatic heterocycles. The highest BCUT2D eigenvalue weighted by molar-refractivity contribution is 5.87. The first-order valence-electron chi connectivity index (χ1n) is 5.61. The van der Waals surface area contributed by atoms with Crippen molar-refractivity contribution in [3.63, 3.8) is 0 Å². The summed E-state index contributed by atoms with van der Waals surface area (Å²) < 4.78 is 6.05. The van der Waals surface area contributed by atoms with Gasteiger partial charge in [-0.25, -0.2) is 9.48 Å². The first kappa shape index (κ1) is 14.2. The van der Waals surface area contributed by atoms with Gasteiger partial charge < -0.3 is 15.2 Å². The maximum atomic E-state index is 11.8. The summed E-state index contributed by atoms with van der Waals surface area (Å²) in [6, 6.07) is 0.700. The Labute approximate surface area is 105 Å². The summed E-state index contributed by atoms with van der Waals surface area (Å²) in [5.74, 6) is -1.37. The standard InChI is InChI=1S/C11H17N3O4/c1-8(10(15)12-5-3-7-18-2)14-9(11(16)17)4-6-13-14/h4,6,8H,3,5,7H2,1-2H3,(H,12,15)(H,16,17). The second-order valence-corrected chi connectivity index (χ2v) is 3.78. The third-order valence-corrected chi connectivity index (χ3v) is 2.46. The van der Waals surface area contributed by atoms with Crippen molar-refractivity contribution in [3.8, 4) is 0 Å². The highest BCUT2D eigenvalue weighted by Crippen LogP contribution is 2.09. The summed E-state index contributed by atoms with van der Waals surface area (Å²) in [6.45, 7) is 2.66. The van der Waals surface area contributed by atoms with Gasteiger partial charge in [-0.2, -0.15) is 5.10 Å². The number of hydrogen-bond donors (Lipinski definition) is 2. The van der Waals surface area contributed by atoms with Crippen molar-refractivity contribution in [3.05, 3.63) is 18.0 Å². The molecule has 18 heavy (non-hydrogen) atoms. The van der Waals surface area contributed by atoms with Crippen molar-refractivity contribution < 1.29 is 19.4 Å². The summed E-state index contributed by atoms with van der Waals surface area (Å²) in [5.41, 5.74) is -0.00505. The second-order valence-electron chi connectivity index (χ2n) is 3.78. The zero-order valence-corrected chi connectivity index (χ0v) is 10.4. The van der Waals surface area contributed by atoms with Crippen LogP contribution in [0.4, 0.5) is 0 Å². The fourth-order valence-electron chi connectivity index (χ4n) is 1.48. The van der Waals surface area contributed by atoms with E-state index in [2.05, 4.69) is 10.4 Å². The highest BCUT2D eigenvalue weighted by atomic mass is 16.5. The lowest BCUT2D eigenvalue weighted by Gasteiger charge is -2.14. The first-order valence-corrected chi connectivity index (χ1v) is 5.61. The molecule has 7 nitrogen and oxygen atoms in total. The van der Waals surface area contributed by atoms with Crippen LogP contribution in [0.15, 0.2) is 12.3 Å². The Hall–Kier alpha value is -1.89. The van der Waals surface area contributed by atoms with Gasteiger partial charge in [0.15, 0.2) is 0 Å². The number of amides is 1. The molecule has 0 bridgehead atoms.